The van der Waals surface area contributed by atoms with E-state index in [2.05, 4.69) is 27.7 Å². The van der Waals surface area contributed by atoms with Crippen LogP contribution in [0.25, 0.3) is 0 Å². The van der Waals surface area contributed by atoms with E-state index in [-0.39, 0.29) is 0 Å². The lowest BCUT2D eigenvalue weighted by Gasteiger charge is -2.33. The highest BCUT2D eigenvalue weighted by Gasteiger charge is 2.30. The van der Waals surface area contributed by atoms with E-state index in [9.17, 15) is 0 Å². The lowest BCUT2D eigenvalue weighted by atomic mass is 10.2. The van der Waals surface area contributed by atoms with E-state index in [4.69, 9.17) is 0 Å². The van der Waals surface area contributed by atoms with Gasteiger partial charge in [0.05, 0.1) is 8.07 Å². The van der Waals surface area contributed by atoms with Crippen LogP contribution in [0.1, 0.15) is 156 Å². The van der Waals surface area contributed by atoms with Crippen molar-refractivity contribution in [3.05, 3.63) is 0 Å². The molecule has 29 heavy (non-hydrogen) atoms. The van der Waals surface area contributed by atoms with Gasteiger partial charge in [0, 0.05) is 0 Å². The minimum Gasteiger partial charge on any atom is -0.0654 e. The second-order valence-corrected chi connectivity index (χ2v) is 15.2. The second-order valence-electron chi connectivity index (χ2n) is 10.2. The Bertz CT molecular complexity index is 237. The average molecular weight is 425 g/mol. The molecule has 176 valence electrons. The number of hydrogen-bond donors (Lipinski definition) is 0. The van der Waals surface area contributed by atoms with Gasteiger partial charge in [0.2, 0.25) is 0 Å². The maximum Gasteiger partial charge on any atom is 0.0535 e. The highest BCUT2D eigenvalue weighted by Crippen LogP contribution is 2.35. The van der Waals surface area contributed by atoms with E-state index in [0.717, 1.165) is 0 Å². The highest BCUT2D eigenvalue weighted by atomic mass is 28.3. The third kappa shape index (κ3) is 18.7. The summed E-state index contributed by atoms with van der Waals surface area (Å²) >= 11 is 0. The first kappa shape index (κ1) is 29.2. The molecule has 0 unspecified atom stereocenters. The van der Waals surface area contributed by atoms with Gasteiger partial charge in [-0.3, -0.25) is 0 Å². The summed E-state index contributed by atoms with van der Waals surface area (Å²) in [5.41, 5.74) is 0. The fourth-order valence-corrected chi connectivity index (χ4v) is 10.7. The van der Waals surface area contributed by atoms with Crippen LogP contribution in [0.4, 0.5) is 0 Å². The van der Waals surface area contributed by atoms with E-state index in [1.807, 2.05) is 0 Å². The summed E-state index contributed by atoms with van der Waals surface area (Å²) in [5, 5.41) is 0. The van der Waals surface area contributed by atoms with Crippen molar-refractivity contribution in [2.75, 3.05) is 0 Å². The molecule has 0 aliphatic heterocycles. The Morgan fingerprint density at radius 3 is 0.690 bits per heavy atom. The van der Waals surface area contributed by atoms with Crippen LogP contribution < -0.4 is 0 Å². The minimum atomic E-state index is -1.04. The van der Waals surface area contributed by atoms with Crippen LogP contribution in [0.5, 0.6) is 0 Å². The molecule has 0 spiro atoms. The molecular formula is C28H60Si. The van der Waals surface area contributed by atoms with Crippen molar-refractivity contribution in [1.29, 1.82) is 0 Å². The van der Waals surface area contributed by atoms with Crippen LogP contribution in [0.2, 0.25) is 24.2 Å². The quantitative estimate of drug-likeness (QED) is 0.107. The third-order valence-corrected chi connectivity index (χ3v) is 12.9. The molecule has 0 rings (SSSR count). The molecule has 0 nitrogen and oxygen atoms in total. The summed E-state index contributed by atoms with van der Waals surface area (Å²) in [6, 6.07) is 6.69. The van der Waals surface area contributed by atoms with Crippen LogP contribution in [0, 0.1) is 0 Å². The summed E-state index contributed by atoms with van der Waals surface area (Å²) in [6.07, 6.45) is 29.6. The molecule has 0 aliphatic rings. The zero-order valence-electron chi connectivity index (χ0n) is 21.5. The maximum absolute atomic E-state index is 2.35. The predicted molar refractivity (Wildman–Crippen MR) is 140 cm³/mol. The number of unbranched alkanes of at least 4 members (excludes halogenated alkanes) is 16. The monoisotopic (exact) mass is 424 g/mol. The molecule has 0 saturated carbocycles. The molecule has 1 heteroatoms. The molecule has 0 N–H and O–H groups in total. The first-order valence-corrected chi connectivity index (χ1v) is 17.1. The Morgan fingerprint density at radius 1 is 0.276 bits per heavy atom. The topological polar surface area (TPSA) is 0 Å². The predicted octanol–water partition coefficient (Wildman–Crippen LogP) is 11.3. The lowest BCUT2D eigenvalue weighted by molar-refractivity contribution is 0.619. The van der Waals surface area contributed by atoms with E-state index in [1.54, 1.807) is 49.9 Å². The molecule has 0 aromatic carbocycles. The van der Waals surface area contributed by atoms with Crippen molar-refractivity contribution in [2.24, 2.45) is 0 Å². The largest absolute Gasteiger partial charge is 0.0654 e. The van der Waals surface area contributed by atoms with Gasteiger partial charge in [0.1, 0.15) is 0 Å². The van der Waals surface area contributed by atoms with Gasteiger partial charge in [-0.15, -0.1) is 0 Å². The van der Waals surface area contributed by atoms with Crippen LogP contribution >= 0.6 is 0 Å². The summed E-state index contributed by atoms with van der Waals surface area (Å²) in [6.45, 7) is 9.40. The highest BCUT2D eigenvalue weighted by molar-refractivity contribution is 6.79. The molecular weight excluding hydrogens is 364 g/mol. The fraction of sp³-hybridized carbons (Fsp3) is 1.00. The van der Waals surface area contributed by atoms with Crippen molar-refractivity contribution < 1.29 is 0 Å². The lowest BCUT2D eigenvalue weighted by Crippen LogP contribution is -2.34. The molecule has 0 bridgehead atoms. The standard InChI is InChI=1S/C28H60Si/c1-5-9-13-17-21-25-29(26-22-18-14-10-6-2,27-23-19-15-11-7-3)28-24-20-16-12-8-4/h5-28H2,1-4H3. The summed E-state index contributed by atoms with van der Waals surface area (Å²) in [4.78, 5) is 0. The van der Waals surface area contributed by atoms with E-state index in [0.29, 0.717) is 0 Å². The molecule has 0 radical (unpaired) electrons. The molecule has 0 amide bonds. The summed E-state index contributed by atoms with van der Waals surface area (Å²) in [7, 11) is -1.04. The SMILES string of the molecule is CCCCCCC[Si](CCCCCCC)(CCCCCCC)CCCCCCC. The maximum atomic E-state index is 2.35. The van der Waals surface area contributed by atoms with E-state index < -0.39 is 8.07 Å². The van der Waals surface area contributed by atoms with Gasteiger partial charge in [-0.1, -0.05) is 180 Å². The first-order valence-electron chi connectivity index (χ1n) is 14.2. The Hall–Kier alpha value is 0.217. The Kier molecular flexibility index (Phi) is 23.1. The summed E-state index contributed by atoms with van der Waals surface area (Å²) in [5.74, 6) is 0. The molecule has 0 fully saturated rings. The Morgan fingerprint density at radius 2 is 0.483 bits per heavy atom. The van der Waals surface area contributed by atoms with Gasteiger partial charge in [0.15, 0.2) is 0 Å². The molecule has 0 saturated heterocycles. The smallest absolute Gasteiger partial charge is 0.0535 e. The van der Waals surface area contributed by atoms with Gasteiger partial charge in [-0.2, -0.15) is 0 Å². The van der Waals surface area contributed by atoms with Gasteiger partial charge >= 0.3 is 0 Å². The normalized spacial score (nSPS) is 12.0. The van der Waals surface area contributed by atoms with E-state index in [1.165, 1.54) is 103 Å². The molecule has 0 heterocycles. The second kappa shape index (κ2) is 22.9. The number of hydrogen-bond acceptors (Lipinski definition) is 0. The van der Waals surface area contributed by atoms with Crippen LogP contribution in [0.15, 0.2) is 0 Å². The fourth-order valence-electron chi connectivity index (χ4n) is 5.16. The van der Waals surface area contributed by atoms with Gasteiger partial charge in [-0.25, -0.2) is 0 Å². The van der Waals surface area contributed by atoms with Gasteiger partial charge in [-0.05, 0) is 0 Å². The zero-order valence-corrected chi connectivity index (χ0v) is 22.5. The zero-order chi connectivity index (χ0) is 21.5. The van der Waals surface area contributed by atoms with E-state index >= 15 is 0 Å². The van der Waals surface area contributed by atoms with Crippen LogP contribution in [0.3, 0.4) is 0 Å². The average Bonchev–Trinajstić information content (AvgIpc) is 2.73. The van der Waals surface area contributed by atoms with Crippen molar-refractivity contribution >= 4 is 8.07 Å². The summed E-state index contributed by atoms with van der Waals surface area (Å²) < 4.78 is 0. The van der Waals surface area contributed by atoms with Crippen molar-refractivity contribution in [1.82, 2.24) is 0 Å². The van der Waals surface area contributed by atoms with Crippen LogP contribution in [-0.2, 0) is 0 Å². The molecule has 0 atom stereocenters. The van der Waals surface area contributed by atoms with Crippen LogP contribution in [-0.4, -0.2) is 8.07 Å². The number of rotatable bonds is 24. The Balaban J connectivity index is 4.69. The molecule has 0 aromatic rings. The minimum absolute atomic E-state index is 1.04. The van der Waals surface area contributed by atoms with Crippen molar-refractivity contribution in [2.45, 2.75) is 180 Å². The van der Waals surface area contributed by atoms with Gasteiger partial charge < -0.3 is 0 Å². The molecule has 0 aliphatic carbocycles. The third-order valence-electron chi connectivity index (χ3n) is 7.24. The Labute approximate surface area is 188 Å². The van der Waals surface area contributed by atoms with Crippen molar-refractivity contribution in [3.8, 4) is 0 Å². The molecule has 0 aromatic heterocycles. The van der Waals surface area contributed by atoms with Crippen molar-refractivity contribution in [3.63, 3.8) is 0 Å². The van der Waals surface area contributed by atoms with Gasteiger partial charge in [0.25, 0.3) is 0 Å². The first-order chi connectivity index (χ1) is 14.2.